The van der Waals surface area contributed by atoms with E-state index in [0.29, 0.717) is 18.1 Å². The van der Waals surface area contributed by atoms with Gasteiger partial charge in [-0.05, 0) is 80.2 Å². The summed E-state index contributed by atoms with van der Waals surface area (Å²) in [5, 5.41) is 5.02. The second kappa shape index (κ2) is 8.31. The van der Waals surface area contributed by atoms with Gasteiger partial charge in [0, 0.05) is 23.6 Å². The molecule has 2 aliphatic rings. The van der Waals surface area contributed by atoms with Crippen LogP contribution in [0.5, 0.6) is 0 Å². The number of aromatic amines is 1. The molecule has 0 bridgehead atoms. The van der Waals surface area contributed by atoms with Gasteiger partial charge in [-0.25, -0.2) is 4.79 Å². The smallest absolute Gasteiger partial charge is 0.371 e. The van der Waals surface area contributed by atoms with Gasteiger partial charge in [0.15, 0.2) is 5.82 Å². The van der Waals surface area contributed by atoms with Crippen molar-refractivity contribution in [2.24, 2.45) is 5.92 Å². The number of benzene rings is 2. The number of aromatic nitrogens is 3. The van der Waals surface area contributed by atoms with Crippen LogP contribution < -0.4 is 10.7 Å². The van der Waals surface area contributed by atoms with Gasteiger partial charge in [0.2, 0.25) is 0 Å². The molecule has 0 spiro atoms. The van der Waals surface area contributed by atoms with Crippen molar-refractivity contribution in [3.63, 3.8) is 0 Å². The number of hydrogen-bond acceptors (Lipinski definition) is 5. The maximum absolute atomic E-state index is 14.0. The second-order valence-corrected chi connectivity index (χ2v) is 10.7. The molecule has 8 nitrogen and oxygen atoms in total. The van der Waals surface area contributed by atoms with Crippen LogP contribution in [0.25, 0.3) is 16.5 Å². The van der Waals surface area contributed by atoms with E-state index in [2.05, 4.69) is 59.8 Å². The van der Waals surface area contributed by atoms with Crippen LogP contribution in [0.15, 0.2) is 70.0 Å². The summed E-state index contributed by atoms with van der Waals surface area (Å²) in [5.41, 5.74) is 3.60. The summed E-state index contributed by atoms with van der Waals surface area (Å²) in [6.45, 7) is 6.89. The van der Waals surface area contributed by atoms with Gasteiger partial charge in [-0.1, -0.05) is 36.3 Å². The number of hydrogen-bond donors (Lipinski definition) is 1. The lowest BCUT2D eigenvalue weighted by Crippen LogP contribution is -2.33. The molecule has 0 radical (unpaired) electrons. The Hall–Kier alpha value is -3.91. The van der Waals surface area contributed by atoms with Gasteiger partial charge in [0.25, 0.3) is 5.91 Å². The first kappa shape index (κ1) is 23.5. The average molecular weight is 499 g/mol. The lowest BCUT2D eigenvalue weighted by Gasteiger charge is -2.28. The standard InChI is InChI=1S/C29H30N4O4/c1-18-16-29(18,26-30-27(35)37-31-26)33-23-11-10-19(20-12-13-36-28(2,3)17-20)14-21(23)15-24(33)25(34)32(4)22-8-6-5-7-9-22/h5-11,14-15,17-18H,12-13,16H2,1-4H3,(H,30,31,35)/t18-,29-/m0/s1. The number of H-pyrrole nitrogens is 1. The third kappa shape index (κ3) is 3.83. The number of carbonyl (C=O) groups is 1. The van der Waals surface area contributed by atoms with Gasteiger partial charge in [-0.3, -0.25) is 14.3 Å². The molecular weight excluding hydrogens is 468 g/mol. The highest BCUT2D eigenvalue weighted by Crippen LogP contribution is 2.56. The van der Waals surface area contributed by atoms with Gasteiger partial charge in [-0.2, -0.15) is 0 Å². The Kier molecular flexibility index (Phi) is 5.28. The molecule has 6 rings (SSSR count). The van der Waals surface area contributed by atoms with Crippen molar-refractivity contribution >= 4 is 28.1 Å². The van der Waals surface area contributed by atoms with Gasteiger partial charge >= 0.3 is 5.76 Å². The highest BCUT2D eigenvalue weighted by Gasteiger charge is 2.59. The van der Waals surface area contributed by atoms with E-state index >= 15 is 0 Å². The minimum absolute atomic E-state index is 0.139. The van der Waals surface area contributed by atoms with Gasteiger partial charge in [0.05, 0.1) is 12.2 Å². The highest BCUT2D eigenvalue weighted by molar-refractivity contribution is 6.08. The van der Waals surface area contributed by atoms with Crippen LogP contribution in [0.3, 0.4) is 0 Å². The zero-order valence-corrected chi connectivity index (χ0v) is 21.4. The zero-order valence-electron chi connectivity index (χ0n) is 21.4. The van der Waals surface area contributed by atoms with Crippen LogP contribution in [0.1, 0.15) is 55.5 Å². The van der Waals surface area contributed by atoms with Crippen LogP contribution in [0.4, 0.5) is 5.69 Å². The minimum Gasteiger partial charge on any atom is -0.371 e. The third-order valence-corrected chi connectivity index (χ3v) is 7.73. The Morgan fingerprint density at radius 3 is 2.57 bits per heavy atom. The second-order valence-electron chi connectivity index (χ2n) is 10.7. The molecule has 1 fully saturated rings. The summed E-state index contributed by atoms with van der Waals surface area (Å²) in [6, 6.07) is 17.8. The van der Waals surface area contributed by atoms with E-state index in [-0.39, 0.29) is 17.4 Å². The molecule has 4 aromatic rings. The summed E-state index contributed by atoms with van der Waals surface area (Å²) in [7, 11) is 1.78. The molecule has 190 valence electrons. The van der Waals surface area contributed by atoms with Crippen LogP contribution in [-0.4, -0.2) is 39.9 Å². The summed E-state index contributed by atoms with van der Waals surface area (Å²) >= 11 is 0. The summed E-state index contributed by atoms with van der Waals surface area (Å²) in [5.74, 6) is -0.150. The molecule has 1 N–H and O–H groups in total. The molecule has 8 heteroatoms. The number of carbonyl (C=O) groups excluding carboxylic acids is 1. The van der Waals surface area contributed by atoms with Crippen LogP contribution >= 0.6 is 0 Å². The molecule has 1 aliphatic carbocycles. The lowest BCUT2D eigenvalue weighted by molar-refractivity contribution is 0.0165. The summed E-state index contributed by atoms with van der Waals surface area (Å²) in [6.07, 6.45) is 3.74. The van der Waals surface area contributed by atoms with Gasteiger partial charge in [0.1, 0.15) is 11.2 Å². The number of ether oxygens (including phenoxy) is 1. The predicted molar refractivity (Wildman–Crippen MR) is 142 cm³/mol. The maximum atomic E-state index is 14.0. The van der Waals surface area contributed by atoms with E-state index in [9.17, 15) is 9.59 Å². The average Bonchev–Trinajstić information content (AvgIpc) is 3.19. The van der Waals surface area contributed by atoms with Crippen molar-refractivity contribution in [3.8, 4) is 0 Å². The Morgan fingerprint density at radius 1 is 1.16 bits per heavy atom. The normalized spacial score (nSPS) is 22.6. The topological polar surface area (TPSA) is 93.4 Å². The minimum atomic E-state index is -0.669. The fourth-order valence-electron chi connectivity index (χ4n) is 5.70. The number of rotatable bonds is 5. The molecule has 0 unspecified atom stereocenters. The maximum Gasteiger partial charge on any atom is 0.438 e. The van der Waals surface area contributed by atoms with Crippen molar-refractivity contribution in [1.29, 1.82) is 0 Å². The fraction of sp³-hybridized carbons (Fsp3) is 0.345. The van der Waals surface area contributed by atoms with E-state index in [1.54, 1.807) is 11.9 Å². The number of nitrogens with one attached hydrogen (secondary N) is 1. The van der Waals surface area contributed by atoms with Gasteiger partial charge < -0.3 is 14.2 Å². The molecular formula is C29H30N4O4. The number of anilines is 1. The lowest BCUT2D eigenvalue weighted by atomic mass is 9.94. The van der Waals surface area contributed by atoms with Crippen molar-refractivity contribution < 1.29 is 14.1 Å². The Labute approximate surface area is 214 Å². The van der Waals surface area contributed by atoms with Gasteiger partial charge in [-0.15, -0.1) is 0 Å². The summed E-state index contributed by atoms with van der Waals surface area (Å²) in [4.78, 5) is 30.3. The molecule has 2 atom stereocenters. The van der Waals surface area contributed by atoms with Crippen molar-refractivity contribution in [2.45, 2.75) is 44.8 Å². The van der Waals surface area contributed by atoms with E-state index in [1.807, 2.05) is 36.4 Å². The van der Waals surface area contributed by atoms with E-state index in [0.717, 1.165) is 35.0 Å². The first-order chi connectivity index (χ1) is 17.7. The largest absolute Gasteiger partial charge is 0.438 e. The highest BCUT2D eigenvalue weighted by atomic mass is 16.5. The van der Waals surface area contributed by atoms with Crippen LogP contribution in [0.2, 0.25) is 0 Å². The molecule has 0 saturated heterocycles. The number of nitrogens with zero attached hydrogens (tertiary/aromatic N) is 3. The predicted octanol–water partition coefficient (Wildman–Crippen LogP) is 4.96. The van der Waals surface area contributed by atoms with Crippen molar-refractivity contribution in [2.75, 3.05) is 18.6 Å². The molecule has 1 amide bonds. The first-order valence-electron chi connectivity index (χ1n) is 12.6. The van der Waals surface area contributed by atoms with Crippen molar-refractivity contribution in [3.05, 3.63) is 88.3 Å². The van der Waals surface area contributed by atoms with Crippen LogP contribution in [-0.2, 0) is 10.3 Å². The SMILES string of the molecule is C[C@H]1C[C@]1(c1noc(=O)[nH]1)n1c(C(=O)N(C)c2ccccc2)cc2cc(C3=CC(C)(C)OCC3)ccc21. The number of fused-ring (bicyclic) bond motifs is 1. The molecule has 2 aromatic heterocycles. The monoisotopic (exact) mass is 498 g/mol. The third-order valence-electron chi connectivity index (χ3n) is 7.73. The molecule has 3 heterocycles. The van der Waals surface area contributed by atoms with E-state index < -0.39 is 11.3 Å². The Balaban J connectivity index is 1.54. The number of amides is 1. The zero-order chi connectivity index (χ0) is 25.9. The Bertz CT molecular complexity index is 1590. The number of para-hydroxylation sites is 1. The summed E-state index contributed by atoms with van der Waals surface area (Å²) < 4.78 is 12.8. The molecule has 37 heavy (non-hydrogen) atoms. The van der Waals surface area contributed by atoms with E-state index in [1.165, 1.54) is 5.57 Å². The first-order valence-corrected chi connectivity index (χ1v) is 12.6. The fourth-order valence-corrected chi connectivity index (χ4v) is 5.70. The molecule has 1 aliphatic heterocycles. The van der Waals surface area contributed by atoms with Crippen LogP contribution in [0, 0.1) is 5.92 Å². The molecule has 1 saturated carbocycles. The quantitative estimate of drug-likeness (QED) is 0.420. The van der Waals surface area contributed by atoms with Crippen molar-refractivity contribution in [1.82, 2.24) is 14.7 Å². The van der Waals surface area contributed by atoms with E-state index in [4.69, 9.17) is 9.26 Å². The Morgan fingerprint density at radius 2 is 1.92 bits per heavy atom. The molecule has 2 aromatic carbocycles.